The molecule has 1 rings (SSSR count). The number of ether oxygens (including phenoxy) is 2. The average Bonchev–Trinajstić information content (AvgIpc) is 2.41. The molecule has 19 heavy (non-hydrogen) atoms. The summed E-state index contributed by atoms with van der Waals surface area (Å²) in [5, 5.41) is 9.38. The van der Waals surface area contributed by atoms with Gasteiger partial charge < -0.3 is 14.6 Å². The zero-order valence-corrected chi connectivity index (χ0v) is 12.1. The highest BCUT2D eigenvalue weighted by Gasteiger charge is 2.27. The van der Waals surface area contributed by atoms with Crippen molar-refractivity contribution in [2.24, 2.45) is 5.41 Å². The molecule has 0 aliphatic carbocycles. The molecule has 1 N–H and O–H groups in total. The molecule has 0 aromatic heterocycles. The van der Waals surface area contributed by atoms with Crippen molar-refractivity contribution in [2.45, 2.75) is 33.5 Å². The van der Waals surface area contributed by atoms with Crippen molar-refractivity contribution < 1.29 is 14.6 Å². The van der Waals surface area contributed by atoms with Crippen LogP contribution in [0.25, 0.3) is 0 Å². The van der Waals surface area contributed by atoms with Crippen molar-refractivity contribution in [1.29, 1.82) is 0 Å². The number of hydrogen-bond acceptors (Lipinski definition) is 3. The average molecular weight is 264 g/mol. The number of benzene rings is 1. The Hall–Kier alpha value is -1.32. The normalized spacial score (nSPS) is 13.1. The molecule has 0 fully saturated rings. The van der Waals surface area contributed by atoms with Gasteiger partial charge in [0.2, 0.25) is 0 Å². The van der Waals surface area contributed by atoms with Gasteiger partial charge in [-0.05, 0) is 13.0 Å². The maximum Gasteiger partial charge on any atom is 0.124 e. The van der Waals surface area contributed by atoms with Crippen LogP contribution in [0.2, 0.25) is 0 Å². The number of hydrogen-bond donors (Lipinski definition) is 1. The van der Waals surface area contributed by atoms with E-state index in [9.17, 15) is 5.11 Å². The van der Waals surface area contributed by atoms with Crippen molar-refractivity contribution in [3.05, 3.63) is 42.5 Å². The molecule has 1 aromatic carbocycles. The van der Waals surface area contributed by atoms with Gasteiger partial charge in [0.25, 0.3) is 0 Å². The van der Waals surface area contributed by atoms with E-state index >= 15 is 0 Å². The quantitative estimate of drug-likeness (QED) is 0.733. The van der Waals surface area contributed by atoms with Crippen molar-refractivity contribution in [2.75, 3.05) is 13.2 Å². The van der Waals surface area contributed by atoms with Crippen LogP contribution in [0.1, 0.15) is 26.3 Å². The lowest BCUT2D eigenvalue weighted by molar-refractivity contribution is -0.0293. The lowest BCUT2D eigenvalue weighted by atomic mass is 9.87. The summed E-state index contributed by atoms with van der Waals surface area (Å²) in [7, 11) is 0. The molecule has 106 valence electrons. The second-order valence-corrected chi connectivity index (χ2v) is 5.15. The maximum atomic E-state index is 9.38. The van der Waals surface area contributed by atoms with Gasteiger partial charge in [-0.3, -0.25) is 0 Å². The molecule has 0 bridgehead atoms. The van der Waals surface area contributed by atoms with E-state index in [1.54, 1.807) is 6.08 Å². The molecule has 0 heterocycles. The van der Waals surface area contributed by atoms with E-state index in [4.69, 9.17) is 9.47 Å². The third kappa shape index (κ3) is 4.37. The first-order valence-corrected chi connectivity index (χ1v) is 6.61. The van der Waals surface area contributed by atoms with Crippen LogP contribution in [-0.4, -0.2) is 24.4 Å². The molecule has 0 spiro atoms. The van der Waals surface area contributed by atoms with Gasteiger partial charge in [0.05, 0.1) is 25.9 Å². The fourth-order valence-electron chi connectivity index (χ4n) is 1.80. The molecule has 0 amide bonds. The Kier molecular flexibility index (Phi) is 6.06. The minimum Gasteiger partial charge on any atom is -0.494 e. The molecule has 0 radical (unpaired) electrons. The van der Waals surface area contributed by atoms with Gasteiger partial charge in [0.15, 0.2) is 0 Å². The highest BCUT2D eigenvalue weighted by Crippen LogP contribution is 2.26. The van der Waals surface area contributed by atoms with Crippen molar-refractivity contribution >= 4 is 0 Å². The van der Waals surface area contributed by atoms with Crippen molar-refractivity contribution in [3.63, 3.8) is 0 Å². The first kappa shape index (κ1) is 15.7. The monoisotopic (exact) mass is 264 g/mol. The van der Waals surface area contributed by atoms with Gasteiger partial charge in [0, 0.05) is 11.0 Å². The molecule has 0 unspecified atom stereocenters. The van der Waals surface area contributed by atoms with Crippen LogP contribution in [0, 0.1) is 5.41 Å². The summed E-state index contributed by atoms with van der Waals surface area (Å²) in [6.45, 7) is 10.8. The number of rotatable bonds is 8. The summed E-state index contributed by atoms with van der Waals surface area (Å²) in [4.78, 5) is 0. The molecule has 0 saturated carbocycles. The smallest absolute Gasteiger partial charge is 0.124 e. The van der Waals surface area contributed by atoms with Crippen molar-refractivity contribution in [3.8, 4) is 5.75 Å². The molecule has 0 aliphatic heterocycles. The van der Waals surface area contributed by atoms with E-state index in [1.807, 2.05) is 45.0 Å². The van der Waals surface area contributed by atoms with Gasteiger partial charge in [0.1, 0.15) is 5.75 Å². The topological polar surface area (TPSA) is 38.7 Å². The Balaban J connectivity index is 2.72. The Bertz CT molecular complexity index is 399. The molecule has 1 aromatic rings. The van der Waals surface area contributed by atoms with E-state index in [1.165, 1.54) is 0 Å². The first-order chi connectivity index (χ1) is 9.05. The van der Waals surface area contributed by atoms with E-state index in [0.29, 0.717) is 13.2 Å². The lowest BCUT2D eigenvalue weighted by Gasteiger charge is -2.30. The van der Waals surface area contributed by atoms with Gasteiger partial charge in [-0.1, -0.05) is 38.1 Å². The Morgan fingerprint density at radius 2 is 2.05 bits per heavy atom. The summed E-state index contributed by atoms with van der Waals surface area (Å²) < 4.78 is 11.4. The summed E-state index contributed by atoms with van der Waals surface area (Å²) in [5.41, 5.74) is 0.660. The molecular formula is C16H24O3. The zero-order chi connectivity index (χ0) is 14.3. The SMILES string of the molecule is C=C[C@H](OCc1ccccc1OCC)C(C)(C)CO. The highest BCUT2D eigenvalue weighted by atomic mass is 16.5. The summed E-state index contributed by atoms with van der Waals surface area (Å²) in [6, 6.07) is 7.82. The second kappa shape index (κ2) is 7.31. The Morgan fingerprint density at radius 3 is 2.63 bits per heavy atom. The van der Waals surface area contributed by atoms with Gasteiger partial charge >= 0.3 is 0 Å². The Labute approximate surface area is 115 Å². The highest BCUT2D eigenvalue weighted by molar-refractivity contribution is 5.32. The molecule has 0 saturated heterocycles. The third-order valence-corrected chi connectivity index (χ3v) is 3.08. The Morgan fingerprint density at radius 1 is 1.37 bits per heavy atom. The third-order valence-electron chi connectivity index (χ3n) is 3.08. The van der Waals surface area contributed by atoms with Crippen LogP contribution >= 0.6 is 0 Å². The molecule has 0 aliphatic rings. The standard InChI is InChI=1S/C16H24O3/c1-5-15(16(3,4)12-17)19-11-13-9-7-8-10-14(13)18-6-2/h5,7-10,15,17H,1,6,11-12H2,2-4H3/t15-/m0/s1. The summed E-state index contributed by atoms with van der Waals surface area (Å²) in [5.74, 6) is 0.842. The number of para-hydroxylation sites is 1. The fourth-order valence-corrected chi connectivity index (χ4v) is 1.80. The minimum absolute atomic E-state index is 0.0524. The van der Waals surface area contributed by atoms with Crippen molar-refractivity contribution in [1.82, 2.24) is 0 Å². The zero-order valence-electron chi connectivity index (χ0n) is 12.1. The predicted molar refractivity (Wildman–Crippen MR) is 77.3 cm³/mol. The van der Waals surface area contributed by atoms with E-state index in [0.717, 1.165) is 11.3 Å². The maximum absolute atomic E-state index is 9.38. The van der Waals surface area contributed by atoms with Crippen LogP contribution in [-0.2, 0) is 11.3 Å². The minimum atomic E-state index is -0.345. The van der Waals surface area contributed by atoms with E-state index < -0.39 is 0 Å². The number of aliphatic hydroxyl groups is 1. The predicted octanol–water partition coefficient (Wildman–Crippen LogP) is 3.18. The lowest BCUT2D eigenvalue weighted by Crippen LogP contribution is -2.33. The van der Waals surface area contributed by atoms with Gasteiger partial charge in [-0.25, -0.2) is 0 Å². The first-order valence-electron chi connectivity index (χ1n) is 6.61. The molecule has 1 atom stereocenters. The largest absolute Gasteiger partial charge is 0.494 e. The van der Waals surface area contributed by atoms with Crippen LogP contribution in [0.4, 0.5) is 0 Å². The van der Waals surface area contributed by atoms with Crippen LogP contribution in [0.15, 0.2) is 36.9 Å². The second-order valence-electron chi connectivity index (χ2n) is 5.15. The van der Waals surface area contributed by atoms with E-state index in [2.05, 4.69) is 6.58 Å². The molecular weight excluding hydrogens is 240 g/mol. The summed E-state index contributed by atoms with van der Waals surface area (Å²) in [6.07, 6.45) is 1.53. The van der Waals surface area contributed by atoms with Crippen LogP contribution in [0.3, 0.4) is 0 Å². The van der Waals surface area contributed by atoms with Gasteiger partial charge in [-0.15, -0.1) is 6.58 Å². The molecule has 3 nitrogen and oxygen atoms in total. The van der Waals surface area contributed by atoms with Crippen LogP contribution < -0.4 is 4.74 Å². The van der Waals surface area contributed by atoms with E-state index in [-0.39, 0.29) is 18.1 Å². The molecule has 3 heteroatoms. The van der Waals surface area contributed by atoms with Gasteiger partial charge in [-0.2, -0.15) is 0 Å². The number of aliphatic hydroxyl groups excluding tert-OH is 1. The fraction of sp³-hybridized carbons (Fsp3) is 0.500. The van der Waals surface area contributed by atoms with Crippen LogP contribution in [0.5, 0.6) is 5.75 Å². The summed E-state index contributed by atoms with van der Waals surface area (Å²) >= 11 is 0.